The number of ether oxygens (including phenoxy) is 1. The average molecular weight is 305 g/mol. The summed E-state index contributed by atoms with van der Waals surface area (Å²) >= 11 is 0. The fraction of sp³-hybridized carbons (Fsp3) is 0.133. The molecule has 6 heteroatoms. The number of sulfonamides is 1. The van der Waals surface area contributed by atoms with Crippen LogP contribution < -0.4 is 4.72 Å². The molecule has 2 aromatic carbocycles. The predicted octanol–water partition coefficient (Wildman–Crippen LogP) is 2.58. The van der Waals surface area contributed by atoms with Crippen molar-refractivity contribution < 1.29 is 17.9 Å². The van der Waals surface area contributed by atoms with Gasteiger partial charge in [-0.1, -0.05) is 12.1 Å². The Morgan fingerprint density at radius 1 is 1.10 bits per heavy atom. The normalized spacial score (nSPS) is 11.0. The summed E-state index contributed by atoms with van der Waals surface area (Å²) in [7, 11) is -2.41. The van der Waals surface area contributed by atoms with Gasteiger partial charge in [-0.15, -0.1) is 0 Å². The maximum absolute atomic E-state index is 12.2. The van der Waals surface area contributed by atoms with Gasteiger partial charge in [0.15, 0.2) is 0 Å². The number of carbonyl (C=O) groups is 1. The van der Waals surface area contributed by atoms with Crippen LogP contribution in [0.5, 0.6) is 0 Å². The molecular weight excluding hydrogens is 290 g/mol. The molecule has 0 unspecified atom stereocenters. The Bertz CT molecular complexity index is 751. The zero-order valence-corrected chi connectivity index (χ0v) is 12.5. The molecule has 0 aliphatic carbocycles. The maximum Gasteiger partial charge on any atom is 0.337 e. The van der Waals surface area contributed by atoms with Gasteiger partial charge >= 0.3 is 5.97 Å². The zero-order valence-electron chi connectivity index (χ0n) is 11.7. The number of aryl methyl sites for hydroxylation is 1. The minimum atomic E-state index is -3.68. The highest BCUT2D eigenvalue weighted by Gasteiger charge is 2.15. The molecule has 0 amide bonds. The van der Waals surface area contributed by atoms with Crippen LogP contribution in [0.3, 0.4) is 0 Å². The second kappa shape index (κ2) is 5.97. The zero-order chi connectivity index (χ0) is 15.5. The highest BCUT2D eigenvalue weighted by molar-refractivity contribution is 7.92. The topological polar surface area (TPSA) is 72.5 Å². The lowest BCUT2D eigenvalue weighted by molar-refractivity contribution is 0.0600. The van der Waals surface area contributed by atoms with E-state index in [-0.39, 0.29) is 4.90 Å². The van der Waals surface area contributed by atoms with Gasteiger partial charge in [0.2, 0.25) is 0 Å². The second-order valence-corrected chi connectivity index (χ2v) is 6.17. The summed E-state index contributed by atoms with van der Waals surface area (Å²) in [6.07, 6.45) is 0. The first-order chi connectivity index (χ1) is 9.92. The summed E-state index contributed by atoms with van der Waals surface area (Å²) in [5, 5.41) is 0. The summed E-state index contributed by atoms with van der Waals surface area (Å²) in [5.74, 6) is -0.509. The van der Waals surface area contributed by atoms with Crippen molar-refractivity contribution in [3.63, 3.8) is 0 Å². The lowest BCUT2D eigenvalue weighted by atomic mass is 10.2. The molecular formula is C15H15NO4S. The molecule has 0 atom stereocenters. The number of methoxy groups -OCH3 is 1. The Hall–Kier alpha value is -2.34. The highest BCUT2D eigenvalue weighted by atomic mass is 32.2. The third kappa shape index (κ3) is 3.61. The van der Waals surface area contributed by atoms with Gasteiger partial charge in [0, 0.05) is 5.69 Å². The Morgan fingerprint density at radius 3 is 2.33 bits per heavy atom. The van der Waals surface area contributed by atoms with Crippen LogP contribution in [0.1, 0.15) is 15.9 Å². The maximum atomic E-state index is 12.2. The second-order valence-electron chi connectivity index (χ2n) is 4.49. The molecule has 0 bridgehead atoms. The van der Waals surface area contributed by atoms with Crippen molar-refractivity contribution in [3.05, 3.63) is 59.7 Å². The Kier molecular flexibility index (Phi) is 4.28. The van der Waals surface area contributed by atoms with Gasteiger partial charge < -0.3 is 4.74 Å². The lowest BCUT2D eigenvalue weighted by Crippen LogP contribution is -2.13. The van der Waals surface area contributed by atoms with E-state index in [1.165, 1.54) is 31.4 Å². The number of hydrogen-bond donors (Lipinski definition) is 1. The van der Waals surface area contributed by atoms with E-state index in [0.29, 0.717) is 11.3 Å². The van der Waals surface area contributed by atoms with E-state index in [2.05, 4.69) is 9.46 Å². The van der Waals surface area contributed by atoms with E-state index < -0.39 is 16.0 Å². The van der Waals surface area contributed by atoms with Gasteiger partial charge in [0.05, 0.1) is 17.6 Å². The third-order valence-electron chi connectivity index (χ3n) is 2.86. The number of benzene rings is 2. The Morgan fingerprint density at radius 2 is 1.76 bits per heavy atom. The van der Waals surface area contributed by atoms with Crippen LogP contribution in [0.15, 0.2) is 53.4 Å². The van der Waals surface area contributed by atoms with Crippen LogP contribution in [-0.2, 0) is 14.8 Å². The molecule has 1 N–H and O–H groups in total. The molecule has 0 saturated heterocycles. The van der Waals surface area contributed by atoms with Crippen LogP contribution in [0, 0.1) is 6.92 Å². The monoisotopic (exact) mass is 305 g/mol. The average Bonchev–Trinajstić information content (AvgIpc) is 2.46. The van der Waals surface area contributed by atoms with Gasteiger partial charge in [-0.25, -0.2) is 13.2 Å². The minimum absolute atomic E-state index is 0.0802. The molecule has 0 radical (unpaired) electrons. The fourth-order valence-electron chi connectivity index (χ4n) is 1.81. The number of hydrogen-bond acceptors (Lipinski definition) is 4. The standard InChI is InChI=1S/C15H15NO4S/c1-11-4-3-5-13(10-11)16-21(18,19)14-8-6-12(7-9-14)15(17)20-2/h3-10,16H,1-2H3. The summed E-state index contributed by atoms with van der Waals surface area (Å²) in [6.45, 7) is 1.88. The van der Waals surface area contributed by atoms with E-state index in [0.717, 1.165) is 5.56 Å². The number of rotatable bonds is 4. The Balaban J connectivity index is 2.25. The first-order valence-corrected chi connectivity index (χ1v) is 7.68. The van der Waals surface area contributed by atoms with Gasteiger partial charge in [-0.05, 0) is 48.9 Å². The molecule has 2 aromatic rings. The lowest BCUT2D eigenvalue weighted by Gasteiger charge is -2.09. The molecule has 0 aliphatic rings. The smallest absolute Gasteiger partial charge is 0.337 e. The molecule has 0 aromatic heterocycles. The van der Waals surface area contributed by atoms with Crippen molar-refractivity contribution in [3.8, 4) is 0 Å². The molecule has 5 nitrogen and oxygen atoms in total. The molecule has 0 spiro atoms. The summed E-state index contributed by atoms with van der Waals surface area (Å²) in [4.78, 5) is 11.4. The Labute approximate surface area is 123 Å². The van der Waals surface area contributed by atoms with E-state index in [1.807, 2.05) is 13.0 Å². The highest BCUT2D eigenvalue weighted by Crippen LogP contribution is 2.17. The van der Waals surface area contributed by atoms with E-state index in [4.69, 9.17) is 0 Å². The van der Waals surface area contributed by atoms with Crippen LogP contribution >= 0.6 is 0 Å². The van der Waals surface area contributed by atoms with Crippen molar-refractivity contribution >= 4 is 21.7 Å². The third-order valence-corrected chi connectivity index (χ3v) is 4.25. The first kappa shape index (κ1) is 15.1. The first-order valence-electron chi connectivity index (χ1n) is 6.20. The van der Waals surface area contributed by atoms with Crippen LogP contribution in [-0.4, -0.2) is 21.5 Å². The number of nitrogens with one attached hydrogen (secondary N) is 1. The minimum Gasteiger partial charge on any atom is -0.465 e. The van der Waals surface area contributed by atoms with Gasteiger partial charge in [-0.2, -0.15) is 0 Å². The molecule has 0 saturated carbocycles. The van der Waals surface area contributed by atoms with Crippen molar-refractivity contribution in [1.29, 1.82) is 0 Å². The summed E-state index contributed by atoms with van der Waals surface area (Å²) < 4.78 is 31.5. The van der Waals surface area contributed by atoms with Gasteiger partial charge in [0.25, 0.3) is 10.0 Å². The SMILES string of the molecule is COC(=O)c1ccc(S(=O)(=O)Nc2cccc(C)c2)cc1. The predicted molar refractivity (Wildman–Crippen MR) is 79.8 cm³/mol. The number of carbonyl (C=O) groups excluding carboxylic acids is 1. The molecule has 2 rings (SSSR count). The van der Waals surface area contributed by atoms with Crippen molar-refractivity contribution in [1.82, 2.24) is 0 Å². The van der Waals surface area contributed by atoms with Gasteiger partial charge in [0.1, 0.15) is 0 Å². The van der Waals surface area contributed by atoms with Crippen LogP contribution in [0.4, 0.5) is 5.69 Å². The molecule has 0 heterocycles. The summed E-state index contributed by atoms with van der Waals surface area (Å²) in [6, 6.07) is 12.6. The van der Waals surface area contributed by atoms with Crippen LogP contribution in [0.25, 0.3) is 0 Å². The van der Waals surface area contributed by atoms with Crippen LogP contribution in [0.2, 0.25) is 0 Å². The fourth-order valence-corrected chi connectivity index (χ4v) is 2.86. The molecule has 21 heavy (non-hydrogen) atoms. The largest absolute Gasteiger partial charge is 0.465 e. The van der Waals surface area contributed by atoms with E-state index >= 15 is 0 Å². The van der Waals surface area contributed by atoms with Crippen molar-refractivity contribution in [2.75, 3.05) is 11.8 Å². The number of anilines is 1. The van der Waals surface area contributed by atoms with E-state index in [9.17, 15) is 13.2 Å². The summed E-state index contributed by atoms with van der Waals surface area (Å²) in [5.41, 5.74) is 1.75. The van der Waals surface area contributed by atoms with Crippen molar-refractivity contribution in [2.45, 2.75) is 11.8 Å². The van der Waals surface area contributed by atoms with E-state index in [1.54, 1.807) is 18.2 Å². The quantitative estimate of drug-likeness (QED) is 0.881. The molecule has 0 aliphatic heterocycles. The number of esters is 1. The molecule has 0 fully saturated rings. The van der Waals surface area contributed by atoms with Gasteiger partial charge in [-0.3, -0.25) is 4.72 Å². The van der Waals surface area contributed by atoms with Crippen molar-refractivity contribution in [2.24, 2.45) is 0 Å². The molecule has 110 valence electrons.